The largest absolute Gasteiger partial charge is 0.456 e. The molecule has 2 aliphatic heterocycles. The van der Waals surface area contributed by atoms with Crippen molar-refractivity contribution < 1.29 is 31.9 Å². The number of morpholine rings is 1. The van der Waals surface area contributed by atoms with Gasteiger partial charge in [0.15, 0.2) is 0 Å². The van der Waals surface area contributed by atoms with Crippen LogP contribution in [0.3, 0.4) is 0 Å². The fourth-order valence-electron chi connectivity index (χ4n) is 3.26. The lowest BCUT2D eigenvalue weighted by molar-refractivity contribution is -0.153. The number of rotatable bonds is 3. The maximum absolute atomic E-state index is 13.0. The van der Waals surface area contributed by atoms with Crippen molar-refractivity contribution in [1.82, 2.24) is 14.7 Å². The molecule has 3 rings (SSSR count). The van der Waals surface area contributed by atoms with Gasteiger partial charge in [-0.2, -0.15) is 13.2 Å². The van der Waals surface area contributed by atoms with Gasteiger partial charge in [-0.15, -0.1) is 0 Å². The van der Waals surface area contributed by atoms with Crippen LogP contribution in [0.2, 0.25) is 0 Å². The Morgan fingerprint density at radius 1 is 1.04 bits per heavy atom. The third-order valence-corrected chi connectivity index (χ3v) is 4.73. The summed E-state index contributed by atoms with van der Waals surface area (Å²) in [6.07, 6.45) is -4.73. The summed E-state index contributed by atoms with van der Waals surface area (Å²) in [5, 5.41) is 0. The van der Waals surface area contributed by atoms with Gasteiger partial charge in [-0.1, -0.05) is 0 Å². The van der Waals surface area contributed by atoms with Crippen LogP contribution in [0.25, 0.3) is 0 Å². The maximum atomic E-state index is 13.0. The Labute approximate surface area is 154 Å². The molecule has 0 bridgehead atoms. The predicted octanol–water partition coefficient (Wildman–Crippen LogP) is 1.22. The maximum Gasteiger partial charge on any atom is 0.450 e. The zero-order valence-electron chi connectivity index (χ0n) is 15.0. The predicted molar refractivity (Wildman–Crippen MR) is 88.2 cm³/mol. The molecule has 0 aliphatic carbocycles. The number of halogens is 3. The Balaban J connectivity index is 1.57. The summed E-state index contributed by atoms with van der Waals surface area (Å²) >= 11 is 0. The smallest absolute Gasteiger partial charge is 0.450 e. The molecule has 1 aromatic rings. The van der Waals surface area contributed by atoms with Crippen LogP contribution in [0, 0.1) is 6.92 Å². The summed E-state index contributed by atoms with van der Waals surface area (Å²) < 4.78 is 49.1. The zero-order chi connectivity index (χ0) is 19.6. The van der Waals surface area contributed by atoms with E-state index in [1.807, 2.05) is 4.90 Å². The topological polar surface area (TPSA) is 66.2 Å². The Morgan fingerprint density at radius 3 is 2.22 bits per heavy atom. The van der Waals surface area contributed by atoms with E-state index in [2.05, 4.69) is 4.42 Å². The second kappa shape index (κ2) is 7.89. The van der Waals surface area contributed by atoms with E-state index in [1.165, 1.54) is 11.8 Å². The molecule has 2 fully saturated rings. The van der Waals surface area contributed by atoms with Crippen LogP contribution in [0.15, 0.2) is 10.5 Å². The Morgan fingerprint density at radius 2 is 1.63 bits per heavy atom. The van der Waals surface area contributed by atoms with Gasteiger partial charge in [-0.3, -0.25) is 14.5 Å². The standard InChI is InChI=1S/C17H22F3N3O4/c1-12-10-13(15(27-12)17(18,19)20)16(25)23-4-2-22(3-5-23)14(24)11-21-6-8-26-9-7-21/h10H,2-9,11H2,1H3. The molecule has 150 valence electrons. The minimum Gasteiger partial charge on any atom is -0.456 e. The lowest BCUT2D eigenvalue weighted by Crippen LogP contribution is -2.53. The van der Waals surface area contributed by atoms with Gasteiger partial charge in [0, 0.05) is 39.3 Å². The van der Waals surface area contributed by atoms with E-state index in [0.717, 1.165) is 6.07 Å². The first-order chi connectivity index (χ1) is 12.8. The van der Waals surface area contributed by atoms with Crippen LogP contribution < -0.4 is 0 Å². The van der Waals surface area contributed by atoms with Crippen LogP contribution in [0.1, 0.15) is 21.9 Å². The molecule has 0 saturated carbocycles. The Hall–Kier alpha value is -2.07. The molecule has 0 atom stereocenters. The third-order valence-electron chi connectivity index (χ3n) is 4.73. The van der Waals surface area contributed by atoms with E-state index in [1.54, 1.807) is 4.90 Å². The molecule has 0 aromatic carbocycles. The number of furan rings is 1. The molecule has 2 amide bonds. The van der Waals surface area contributed by atoms with Crippen molar-refractivity contribution in [1.29, 1.82) is 0 Å². The average Bonchev–Trinajstić information content (AvgIpc) is 3.04. The van der Waals surface area contributed by atoms with Crippen LogP contribution in [-0.4, -0.2) is 85.5 Å². The third kappa shape index (κ3) is 4.62. The number of hydrogen-bond donors (Lipinski definition) is 0. The number of carbonyl (C=O) groups excluding carboxylic acids is 2. The first-order valence-electron chi connectivity index (χ1n) is 8.80. The highest BCUT2D eigenvalue weighted by Gasteiger charge is 2.41. The number of amides is 2. The molecule has 0 unspecified atom stereocenters. The van der Waals surface area contributed by atoms with Crippen molar-refractivity contribution in [2.24, 2.45) is 0 Å². The van der Waals surface area contributed by atoms with Gasteiger partial charge in [0.2, 0.25) is 11.7 Å². The quantitative estimate of drug-likeness (QED) is 0.778. The number of carbonyl (C=O) groups is 2. The van der Waals surface area contributed by atoms with Gasteiger partial charge in [-0.05, 0) is 13.0 Å². The van der Waals surface area contributed by atoms with Crippen LogP contribution in [0.5, 0.6) is 0 Å². The first kappa shape index (κ1) is 19.7. The molecule has 27 heavy (non-hydrogen) atoms. The number of aryl methyl sites for hydroxylation is 1. The van der Waals surface area contributed by atoms with Gasteiger partial charge >= 0.3 is 6.18 Å². The molecule has 1 aromatic heterocycles. The molecule has 2 saturated heterocycles. The molecular formula is C17H22F3N3O4. The number of piperazine rings is 1. The highest BCUT2D eigenvalue weighted by atomic mass is 19.4. The molecule has 3 heterocycles. The van der Waals surface area contributed by atoms with Gasteiger partial charge in [0.05, 0.1) is 25.3 Å². The SMILES string of the molecule is Cc1cc(C(=O)N2CCN(C(=O)CN3CCOCC3)CC2)c(C(F)(F)F)o1. The lowest BCUT2D eigenvalue weighted by Gasteiger charge is -2.36. The van der Waals surface area contributed by atoms with Crippen molar-refractivity contribution in [3.63, 3.8) is 0 Å². The number of alkyl halides is 3. The summed E-state index contributed by atoms with van der Waals surface area (Å²) in [7, 11) is 0. The average molecular weight is 389 g/mol. The van der Waals surface area contributed by atoms with Crippen molar-refractivity contribution in [2.75, 3.05) is 59.0 Å². The van der Waals surface area contributed by atoms with Gasteiger partial charge in [-0.25, -0.2) is 0 Å². The van der Waals surface area contributed by atoms with E-state index in [0.29, 0.717) is 39.4 Å². The fraction of sp³-hybridized carbons (Fsp3) is 0.647. The molecule has 2 aliphatic rings. The molecule has 7 nitrogen and oxygen atoms in total. The lowest BCUT2D eigenvalue weighted by atomic mass is 10.2. The number of hydrogen-bond acceptors (Lipinski definition) is 5. The summed E-state index contributed by atoms with van der Waals surface area (Å²) in [4.78, 5) is 29.9. The van der Waals surface area contributed by atoms with E-state index in [4.69, 9.17) is 4.74 Å². The summed E-state index contributed by atoms with van der Waals surface area (Å²) in [6, 6.07) is 1.11. The van der Waals surface area contributed by atoms with Gasteiger partial charge < -0.3 is 19.0 Å². The van der Waals surface area contributed by atoms with Gasteiger partial charge in [0.25, 0.3) is 5.91 Å². The first-order valence-corrected chi connectivity index (χ1v) is 8.80. The summed E-state index contributed by atoms with van der Waals surface area (Å²) in [5.74, 6) is -2.00. The molecule has 0 spiro atoms. The second-order valence-electron chi connectivity index (χ2n) is 6.66. The van der Waals surface area contributed by atoms with Gasteiger partial charge in [0.1, 0.15) is 5.76 Å². The van der Waals surface area contributed by atoms with E-state index >= 15 is 0 Å². The Bertz CT molecular complexity index is 690. The minimum atomic E-state index is -4.73. The van der Waals surface area contributed by atoms with Crippen LogP contribution in [0.4, 0.5) is 13.2 Å². The molecule has 10 heteroatoms. The van der Waals surface area contributed by atoms with E-state index in [-0.39, 0.29) is 31.3 Å². The number of nitrogens with zero attached hydrogens (tertiary/aromatic N) is 3. The highest BCUT2D eigenvalue weighted by molar-refractivity contribution is 5.95. The van der Waals surface area contributed by atoms with E-state index in [9.17, 15) is 22.8 Å². The zero-order valence-corrected chi connectivity index (χ0v) is 15.0. The minimum absolute atomic E-state index is 0.0324. The van der Waals surface area contributed by atoms with Crippen LogP contribution >= 0.6 is 0 Å². The summed E-state index contributed by atoms with van der Waals surface area (Å²) in [6.45, 7) is 5.23. The monoisotopic (exact) mass is 389 g/mol. The van der Waals surface area contributed by atoms with Crippen molar-refractivity contribution in [2.45, 2.75) is 13.1 Å². The number of ether oxygens (including phenoxy) is 1. The summed E-state index contributed by atoms with van der Waals surface area (Å²) in [5.41, 5.74) is -0.479. The van der Waals surface area contributed by atoms with E-state index < -0.39 is 23.4 Å². The molecule has 0 N–H and O–H groups in total. The van der Waals surface area contributed by atoms with Crippen LogP contribution in [-0.2, 0) is 15.7 Å². The van der Waals surface area contributed by atoms with Crippen molar-refractivity contribution >= 4 is 11.8 Å². The normalized spacial score (nSPS) is 19.4. The second-order valence-corrected chi connectivity index (χ2v) is 6.66. The van der Waals surface area contributed by atoms with Crippen molar-refractivity contribution in [3.05, 3.63) is 23.2 Å². The highest BCUT2D eigenvalue weighted by Crippen LogP contribution is 2.34. The molecule has 0 radical (unpaired) electrons. The van der Waals surface area contributed by atoms with Crippen molar-refractivity contribution in [3.8, 4) is 0 Å². The molecular weight excluding hydrogens is 367 g/mol. The Kier molecular flexibility index (Phi) is 5.75. The fourth-order valence-corrected chi connectivity index (χ4v) is 3.26.